The third-order valence-electron chi connectivity index (χ3n) is 1.84. The second-order valence-corrected chi connectivity index (χ2v) is 5.32. The molecule has 8 heteroatoms. The van der Waals surface area contributed by atoms with Crippen LogP contribution in [0.25, 0.3) is 0 Å². The largest absolute Gasteiger partial charge is 0.416 e. The molecule has 17 heavy (non-hydrogen) atoms. The van der Waals surface area contributed by atoms with Crippen molar-refractivity contribution in [2.45, 2.75) is 6.18 Å². The summed E-state index contributed by atoms with van der Waals surface area (Å²) in [6.45, 7) is 0. The molecule has 1 N–H and O–H groups in total. The van der Waals surface area contributed by atoms with Gasteiger partial charge in [0, 0.05) is 5.69 Å². The van der Waals surface area contributed by atoms with Gasteiger partial charge in [0.05, 0.1) is 5.56 Å². The number of nitrogens with one attached hydrogen (secondary N) is 1. The first-order chi connectivity index (χ1) is 7.95. The monoisotopic (exact) mass is 323 g/mol. The van der Waals surface area contributed by atoms with Crippen LogP contribution in [-0.4, -0.2) is 10.2 Å². The molecule has 0 saturated carbocycles. The van der Waals surface area contributed by atoms with Crippen LogP contribution >= 0.6 is 27.3 Å². The molecule has 0 fully saturated rings. The second-order valence-electron chi connectivity index (χ2n) is 3.06. The molecule has 90 valence electrons. The summed E-state index contributed by atoms with van der Waals surface area (Å²) in [5.74, 6) is 0. The van der Waals surface area contributed by atoms with Crippen molar-refractivity contribution in [2.24, 2.45) is 0 Å². The minimum Gasteiger partial charge on any atom is -0.330 e. The summed E-state index contributed by atoms with van der Waals surface area (Å²) in [7, 11) is 0. The van der Waals surface area contributed by atoms with Crippen molar-refractivity contribution in [3.05, 3.63) is 33.7 Å². The number of nitrogens with zero attached hydrogens (tertiary/aromatic N) is 2. The van der Waals surface area contributed by atoms with Crippen molar-refractivity contribution in [3.8, 4) is 0 Å². The molecule has 2 rings (SSSR count). The van der Waals surface area contributed by atoms with Gasteiger partial charge in [-0.2, -0.15) is 13.2 Å². The van der Waals surface area contributed by atoms with Crippen molar-refractivity contribution in [3.63, 3.8) is 0 Å². The number of halogens is 4. The van der Waals surface area contributed by atoms with Crippen LogP contribution in [0.5, 0.6) is 0 Å². The number of hydrogen-bond donors (Lipinski definition) is 1. The van der Waals surface area contributed by atoms with Crippen LogP contribution in [0.2, 0.25) is 0 Å². The normalized spacial score (nSPS) is 11.5. The predicted octanol–water partition coefficient (Wildman–Crippen LogP) is 4.06. The average Bonchev–Trinajstić information content (AvgIpc) is 2.63. The number of benzene rings is 1. The molecule has 0 unspecified atom stereocenters. The van der Waals surface area contributed by atoms with Crippen LogP contribution in [-0.2, 0) is 6.18 Å². The quantitative estimate of drug-likeness (QED) is 0.905. The topological polar surface area (TPSA) is 37.8 Å². The number of alkyl halides is 3. The van der Waals surface area contributed by atoms with Crippen molar-refractivity contribution in [2.75, 3.05) is 5.32 Å². The predicted molar refractivity (Wildman–Crippen MR) is 62.3 cm³/mol. The van der Waals surface area contributed by atoms with Crippen molar-refractivity contribution < 1.29 is 13.2 Å². The van der Waals surface area contributed by atoms with Gasteiger partial charge in [-0.05, 0) is 34.1 Å². The van der Waals surface area contributed by atoms with E-state index in [4.69, 9.17) is 0 Å². The SMILES string of the molecule is FC(F)(F)c1cccc(Nc2nnc(Br)s2)c1. The molecule has 0 saturated heterocycles. The Balaban J connectivity index is 2.22. The van der Waals surface area contributed by atoms with Crippen LogP contribution < -0.4 is 5.32 Å². The summed E-state index contributed by atoms with van der Waals surface area (Å²) in [6.07, 6.45) is -4.35. The van der Waals surface area contributed by atoms with Gasteiger partial charge in [0.25, 0.3) is 0 Å². The molecule has 1 aromatic carbocycles. The van der Waals surface area contributed by atoms with E-state index in [0.29, 0.717) is 14.7 Å². The van der Waals surface area contributed by atoms with Gasteiger partial charge in [-0.3, -0.25) is 0 Å². The van der Waals surface area contributed by atoms with Gasteiger partial charge < -0.3 is 5.32 Å². The number of rotatable bonds is 2. The molecule has 0 amide bonds. The zero-order valence-electron chi connectivity index (χ0n) is 8.12. The molecule has 0 radical (unpaired) electrons. The van der Waals surface area contributed by atoms with E-state index in [2.05, 4.69) is 31.4 Å². The molecule has 1 heterocycles. The molecule has 0 bridgehead atoms. The van der Waals surface area contributed by atoms with Crippen LogP contribution in [0, 0.1) is 0 Å². The summed E-state index contributed by atoms with van der Waals surface area (Å²) < 4.78 is 37.9. The molecule has 0 atom stereocenters. The van der Waals surface area contributed by atoms with E-state index < -0.39 is 11.7 Å². The van der Waals surface area contributed by atoms with E-state index in [1.807, 2.05) is 0 Å². The highest BCUT2D eigenvalue weighted by atomic mass is 79.9. The summed E-state index contributed by atoms with van der Waals surface area (Å²) in [5, 5.41) is 10.6. The van der Waals surface area contributed by atoms with Gasteiger partial charge >= 0.3 is 6.18 Å². The van der Waals surface area contributed by atoms with E-state index in [-0.39, 0.29) is 0 Å². The Morgan fingerprint density at radius 1 is 1.24 bits per heavy atom. The highest BCUT2D eigenvalue weighted by Crippen LogP contribution is 2.32. The van der Waals surface area contributed by atoms with Crippen LogP contribution in [0.4, 0.5) is 24.0 Å². The number of anilines is 2. The van der Waals surface area contributed by atoms with Gasteiger partial charge in [-0.1, -0.05) is 17.4 Å². The highest BCUT2D eigenvalue weighted by Gasteiger charge is 2.30. The summed E-state index contributed by atoms with van der Waals surface area (Å²) in [4.78, 5) is 0. The minimum atomic E-state index is -4.35. The third kappa shape index (κ3) is 3.16. The summed E-state index contributed by atoms with van der Waals surface area (Å²) in [6, 6.07) is 4.91. The lowest BCUT2D eigenvalue weighted by atomic mass is 10.2. The molecule has 0 aliphatic rings. The first-order valence-corrected chi connectivity index (χ1v) is 5.99. The molecule has 0 spiro atoms. The zero-order valence-corrected chi connectivity index (χ0v) is 10.5. The lowest BCUT2D eigenvalue weighted by molar-refractivity contribution is -0.137. The zero-order chi connectivity index (χ0) is 12.5. The van der Waals surface area contributed by atoms with E-state index in [1.165, 1.54) is 23.5 Å². The Bertz CT molecular complexity index is 526. The molecule has 1 aromatic heterocycles. The smallest absolute Gasteiger partial charge is 0.330 e. The number of hydrogen-bond acceptors (Lipinski definition) is 4. The van der Waals surface area contributed by atoms with Gasteiger partial charge in [-0.25, -0.2) is 0 Å². The first-order valence-electron chi connectivity index (χ1n) is 4.38. The van der Waals surface area contributed by atoms with Gasteiger partial charge in [0.15, 0.2) is 3.92 Å². The molecular weight excluding hydrogens is 319 g/mol. The first kappa shape index (κ1) is 12.3. The maximum Gasteiger partial charge on any atom is 0.416 e. The number of aromatic nitrogens is 2. The molecule has 0 aliphatic heterocycles. The van der Waals surface area contributed by atoms with Gasteiger partial charge in [-0.15, -0.1) is 10.2 Å². The van der Waals surface area contributed by atoms with E-state index in [1.54, 1.807) is 0 Å². The van der Waals surface area contributed by atoms with E-state index >= 15 is 0 Å². The fourth-order valence-electron chi connectivity index (χ4n) is 1.15. The Morgan fingerprint density at radius 3 is 2.59 bits per heavy atom. The van der Waals surface area contributed by atoms with E-state index in [9.17, 15) is 13.2 Å². The highest BCUT2D eigenvalue weighted by molar-refractivity contribution is 9.11. The second kappa shape index (κ2) is 4.61. The van der Waals surface area contributed by atoms with E-state index in [0.717, 1.165) is 12.1 Å². The lowest BCUT2D eigenvalue weighted by Gasteiger charge is -2.08. The fourth-order valence-corrected chi connectivity index (χ4v) is 2.18. The Labute approximate surface area is 107 Å². The van der Waals surface area contributed by atoms with Gasteiger partial charge in [0.1, 0.15) is 0 Å². The van der Waals surface area contributed by atoms with Gasteiger partial charge in [0.2, 0.25) is 5.13 Å². The standard InChI is InChI=1S/C9H5BrF3N3S/c10-7-15-16-8(17-7)14-6-3-1-2-5(4-6)9(11,12)13/h1-4H,(H,14,16). The summed E-state index contributed by atoms with van der Waals surface area (Å²) >= 11 is 4.31. The Morgan fingerprint density at radius 2 is 2.00 bits per heavy atom. The molecule has 2 aromatic rings. The molecule has 3 nitrogen and oxygen atoms in total. The van der Waals surface area contributed by atoms with Crippen LogP contribution in [0.3, 0.4) is 0 Å². The Kier molecular flexibility index (Phi) is 3.34. The molecular formula is C9H5BrF3N3S. The van der Waals surface area contributed by atoms with Crippen LogP contribution in [0.15, 0.2) is 28.2 Å². The maximum absolute atomic E-state index is 12.5. The summed E-state index contributed by atoms with van der Waals surface area (Å²) in [5.41, 5.74) is -0.380. The van der Waals surface area contributed by atoms with Crippen molar-refractivity contribution >= 4 is 38.1 Å². The maximum atomic E-state index is 12.5. The minimum absolute atomic E-state index is 0.323. The fraction of sp³-hybridized carbons (Fsp3) is 0.111. The molecule has 0 aliphatic carbocycles. The van der Waals surface area contributed by atoms with Crippen LogP contribution in [0.1, 0.15) is 5.56 Å². The van der Waals surface area contributed by atoms with Crippen molar-refractivity contribution in [1.82, 2.24) is 10.2 Å². The Hall–Kier alpha value is -1.15. The average molecular weight is 324 g/mol. The third-order valence-corrected chi connectivity index (χ3v) is 3.11. The lowest BCUT2D eigenvalue weighted by Crippen LogP contribution is -2.05. The van der Waals surface area contributed by atoms with Crippen molar-refractivity contribution in [1.29, 1.82) is 0 Å².